The van der Waals surface area contributed by atoms with Crippen LogP contribution in [0, 0.1) is 0 Å². The van der Waals surface area contributed by atoms with Crippen molar-refractivity contribution < 1.29 is 4.79 Å². The molecule has 6 nitrogen and oxygen atoms in total. The van der Waals surface area contributed by atoms with E-state index < -0.39 is 0 Å². The monoisotopic (exact) mass is 493 g/mol. The number of amides is 1. The van der Waals surface area contributed by atoms with E-state index in [0.717, 1.165) is 45.2 Å². The van der Waals surface area contributed by atoms with E-state index in [1.807, 2.05) is 29.2 Å². The van der Waals surface area contributed by atoms with Crippen molar-refractivity contribution in [3.05, 3.63) is 51.2 Å². The lowest BCUT2D eigenvalue weighted by atomic mass is 10.2. The standard InChI is InChI=1S/C13H14BrN3O.C6H7BrN2/c1-8(18)17-6-2-3-12(17)13-15-10-5-4-9(14)7-11(10)16-13;7-4-1-2-5(8)6(9)3-4/h4-5,7,12H,2-3,6H2,1H3,(H,15,16);1-3H,8-9H2/t12-;/m0./s1. The summed E-state index contributed by atoms with van der Waals surface area (Å²) < 4.78 is 1.98. The van der Waals surface area contributed by atoms with Crippen molar-refractivity contribution in [3.63, 3.8) is 0 Å². The molecule has 3 aromatic rings. The van der Waals surface area contributed by atoms with Crippen LogP contribution in [0.25, 0.3) is 11.0 Å². The third-order valence-corrected chi connectivity index (χ3v) is 5.47. The molecule has 1 atom stereocenters. The van der Waals surface area contributed by atoms with E-state index in [0.29, 0.717) is 11.4 Å². The SMILES string of the molecule is CC(=O)N1CCC[C@H]1c1nc2ccc(Br)cc2[nH]1.Nc1ccc(Br)cc1N. The Balaban J connectivity index is 0.000000197. The maximum atomic E-state index is 11.6. The molecule has 0 aliphatic carbocycles. The van der Waals surface area contributed by atoms with Crippen molar-refractivity contribution in [1.29, 1.82) is 0 Å². The Labute approximate surface area is 174 Å². The number of nitrogen functional groups attached to an aromatic ring is 2. The molecule has 1 aromatic heterocycles. The number of imidazole rings is 1. The number of nitrogens with one attached hydrogen (secondary N) is 1. The number of carbonyl (C=O) groups excluding carboxylic acids is 1. The minimum atomic E-state index is 0.105. The van der Waals surface area contributed by atoms with Gasteiger partial charge >= 0.3 is 0 Å². The molecule has 4 rings (SSSR count). The lowest BCUT2D eigenvalue weighted by Gasteiger charge is -2.21. The zero-order valence-corrected chi connectivity index (χ0v) is 18.0. The summed E-state index contributed by atoms with van der Waals surface area (Å²) in [5, 5.41) is 0. The highest BCUT2D eigenvalue weighted by molar-refractivity contribution is 9.10. The van der Waals surface area contributed by atoms with E-state index in [1.165, 1.54) is 0 Å². The van der Waals surface area contributed by atoms with Crippen LogP contribution < -0.4 is 11.5 Å². The van der Waals surface area contributed by atoms with E-state index in [9.17, 15) is 4.79 Å². The van der Waals surface area contributed by atoms with Gasteiger partial charge in [-0.15, -0.1) is 0 Å². The lowest BCUT2D eigenvalue weighted by molar-refractivity contribution is -0.129. The second-order valence-corrected chi connectivity index (χ2v) is 8.26. The van der Waals surface area contributed by atoms with E-state index in [4.69, 9.17) is 11.5 Å². The number of aromatic nitrogens is 2. The van der Waals surface area contributed by atoms with E-state index in [-0.39, 0.29) is 11.9 Å². The molecule has 0 bridgehead atoms. The molecule has 27 heavy (non-hydrogen) atoms. The Morgan fingerprint density at radius 1 is 1.15 bits per heavy atom. The van der Waals surface area contributed by atoms with Crippen molar-refractivity contribution in [2.75, 3.05) is 18.0 Å². The molecule has 0 spiro atoms. The first-order valence-corrected chi connectivity index (χ1v) is 10.2. The molecular weight excluding hydrogens is 474 g/mol. The molecule has 0 unspecified atom stereocenters. The zero-order valence-electron chi connectivity index (χ0n) is 14.9. The Hall–Kier alpha value is -2.06. The topological polar surface area (TPSA) is 101 Å². The minimum absolute atomic E-state index is 0.105. The fourth-order valence-electron chi connectivity index (χ4n) is 3.13. The van der Waals surface area contributed by atoms with Crippen LogP contribution in [0.3, 0.4) is 0 Å². The molecule has 1 saturated heterocycles. The second kappa shape index (κ2) is 8.31. The van der Waals surface area contributed by atoms with E-state index in [1.54, 1.807) is 19.1 Å². The number of nitrogens with zero attached hydrogens (tertiary/aromatic N) is 2. The molecule has 1 aliphatic rings. The Morgan fingerprint density at radius 2 is 1.85 bits per heavy atom. The van der Waals surface area contributed by atoms with E-state index >= 15 is 0 Å². The predicted molar refractivity (Wildman–Crippen MR) is 116 cm³/mol. The van der Waals surface area contributed by atoms with Gasteiger partial charge in [-0.25, -0.2) is 4.98 Å². The van der Waals surface area contributed by atoms with Gasteiger partial charge in [-0.2, -0.15) is 0 Å². The maximum Gasteiger partial charge on any atom is 0.220 e. The first-order valence-electron chi connectivity index (χ1n) is 8.58. The van der Waals surface area contributed by atoms with Crippen molar-refractivity contribution in [3.8, 4) is 0 Å². The summed E-state index contributed by atoms with van der Waals surface area (Å²) in [7, 11) is 0. The van der Waals surface area contributed by atoms with Gasteiger partial charge in [0.05, 0.1) is 28.5 Å². The number of anilines is 2. The number of aromatic amines is 1. The fraction of sp³-hybridized carbons (Fsp3) is 0.263. The van der Waals surface area contributed by atoms with Gasteiger partial charge in [0.2, 0.25) is 5.91 Å². The second-order valence-electron chi connectivity index (χ2n) is 6.43. The summed E-state index contributed by atoms with van der Waals surface area (Å²) in [5.74, 6) is 1.02. The maximum absolute atomic E-state index is 11.6. The minimum Gasteiger partial charge on any atom is -0.397 e. The van der Waals surface area contributed by atoms with Gasteiger partial charge < -0.3 is 21.4 Å². The zero-order chi connectivity index (χ0) is 19.6. The third kappa shape index (κ3) is 4.62. The van der Waals surface area contributed by atoms with Gasteiger partial charge in [-0.05, 0) is 49.2 Å². The molecule has 1 amide bonds. The number of rotatable bonds is 1. The van der Waals surface area contributed by atoms with Crippen LogP contribution in [0.1, 0.15) is 31.6 Å². The quantitative estimate of drug-likeness (QED) is 0.429. The summed E-state index contributed by atoms with van der Waals surface area (Å²) in [6.45, 7) is 2.46. The summed E-state index contributed by atoms with van der Waals surface area (Å²) in [4.78, 5) is 21.4. The van der Waals surface area contributed by atoms with Crippen LogP contribution in [-0.4, -0.2) is 27.3 Å². The van der Waals surface area contributed by atoms with Crippen LogP contribution in [0.15, 0.2) is 45.3 Å². The molecule has 1 aliphatic heterocycles. The number of likely N-dealkylation sites (tertiary alicyclic amines) is 1. The average Bonchev–Trinajstić information content (AvgIpc) is 3.25. The Bertz CT molecular complexity index is 972. The number of fused-ring (bicyclic) bond motifs is 1. The smallest absolute Gasteiger partial charge is 0.220 e. The van der Waals surface area contributed by atoms with Gasteiger partial charge in [-0.1, -0.05) is 31.9 Å². The van der Waals surface area contributed by atoms with Crippen molar-refractivity contribution in [1.82, 2.24) is 14.9 Å². The van der Waals surface area contributed by atoms with Crippen molar-refractivity contribution in [2.24, 2.45) is 0 Å². The van der Waals surface area contributed by atoms with Gasteiger partial charge in [-0.3, -0.25) is 4.79 Å². The predicted octanol–water partition coefficient (Wildman–Crippen LogP) is 4.62. The Kier molecular flexibility index (Phi) is 6.06. The first-order chi connectivity index (χ1) is 12.8. The van der Waals surface area contributed by atoms with Gasteiger partial charge in [0.25, 0.3) is 0 Å². The van der Waals surface area contributed by atoms with Gasteiger partial charge in [0.15, 0.2) is 0 Å². The summed E-state index contributed by atoms with van der Waals surface area (Å²) in [6, 6.07) is 11.5. The molecule has 1 fully saturated rings. The number of hydrogen-bond acceptors (Lipinski definition) is 4. The molecule has 5 N–H and O–H groups in total. The van der Waals surface area contributed by atoms with Crippen LogP contribution in [0.5, 0.6) is 0 Å². The van der Waals surface area contributed by atoms with Gasteiger partial charge in [0.1, 0.15) is 5.82 Å². The largest absolute Gasteiger partial charge is 0.397 e. The average molecular weight is 495 g/mol. The highest BCUT2D eigenvalue weighted by Gasteiger charge is 2.30. The summed E-state index contributed by atoms with van der Waals surface area (Å²) in [6.07, 6.45) is 2.03. The van der Waals surface area contributed by atoms with Crippen LogP contribution in [0.4, 0.5) is 11.4 Å². The molecule has 8 heteroatoms. The third-order valence-electron chi connectivity index (χ3n) is 4.48. The molecule has 2 heterocycles. The molecule has 0 radical (unpaired) electrons. The van der Waals surface area contributed by atoms with Crippen LogP contribution in [0.2, 0.25) is 0 Å². The number of carbonyl (C=O) groups is 1. The normalized spacial score (nSPS) is 16.3. The highest BCUT2D eigenvalue weighted by Crippen LogP contribution is 2.31. The van der Waals surface area contributed by atoms with Crippen molar-refractivity contribution >= 4 is 60.2 Å². The number of hydrogen-bond donors (Lipinski definition) is 3. The number of nitrogens with two attached hydrogens (primary N) is 2. The van der Waals surface area contributed by atoms with Crippen LogP contribution in [-0.2, 0) is 4.79 Å². The van der Waals surface area contributed by atoms with Crippen LogP contribution >= 0.6 is 31.9 Å². The molecule has 0 saturated carbocycles. The number of benzene rings is 2. The lowest BCUT2D eigenvalue weighted by Crippen LogP contribution is -2.28. The van der Waals surface area contributed by atoms with E-state index in [2.05, 4.69) is 41.8 Å². The summed E-state index contributed by atoms with van der Waals surface area (Å²) >= 11 is 6.71. The fourth-order valence-corrected chi connectivity index (χ4v) is 3.87. The number of H-pyrrole nitrogens is 1. The highest BCUT2D eigenvalue weighted by atomic mass is 79.9. The Morgan fingerprint density at radius 3 is 2.52 bits per heavy atom. The molecular formula is C19H21Br2N5O. The first kappa shape index (κ1) is 19.7. The number of halogens is 2. The molecule has 2 aromatic carbocycles. The van der Waals surface area contributed by atoms with Gasteiger partial charge in [0, 0.05) is 22.4 Å². The van der Waals surface area contributed by atoms with Crippen molar-refractivity contribution in [2.45, 2.75) is 25.8 Å². The molecule has 142 valence electrons. The summed E-state index contributed by atoms with van der Waals surface area (Å²) in [5.41, 5.74) is 14.1.